The van der Waals surface area contributed by atoms with Gasteiger partial charge in [-0.15, -0.1) is 0 Å². The number of rotatable bonds is 8. The Balaban J connectivity index is 1.00. The number of fused-ring (bicyclic) bond motifs is 3. The molecule has 0 fully saturated rings. The normalized spacial score (nSPS) is 11.5. The van der Waals surface area contributed by atoms with Crippen LogP contribution in [0.1, 0.15) is 11.1 Å². The van der Waals surface area contributed by atoms with Crippen molar-refractivity contribution in [2.45, 2.75) is 0 Å². The van der Waals surface area contributed by atoms with Crippen molar-refractivity contribution in [2.75, 3.05) is 0 Å². The van der Waals surface area contributed by atoms with Gasteiger partial charge in [-0.05, 0) is 128 Å². The maximum absolute atomic E-state index is 2.33. The maximum atomic E-state index is 2.33. The molecule has 62 heavy (non-hydrogen) atoms. The standard InChI is InChI=1S/C62H42/c1-4-16-44(17-5-1)47-31-28-43(29-32-47)30-33-49-38-39-60(55-23-11-10-22-54(49)55)62-58-26-14-12-24-56(58)61(57-25-13-15-27-59(57)62)50-36-34-48(35-37-50)53-41-51(45-18-6-2-7-19-45)40-52(42-53)46-20-8-3-9-21-46/h1-42H/b33-30+. The summed E-state index contributed by atoms with van der Waals surface area (Å²) in [4.78, 5) is 0. The lowest BCUT2D eigenvalue weighted by Gasteiger charge is -2.19. The molecule has 0 aliphatic heterocycles. The Labute approximate surface area is 363 Å². The minimum Gasteiger partial charge on any atom is -0.0622 e. The number of hydrogen-bond donors (Lipinski definition) is 0. The topological polar surface area (TPSA) is 0 Å². The number of benzene rings is 11. The fourth-order valence-electron chi connectivity index (χ4n) is 9.24. The van der Waals surface area contributed by atoms with Gasteiger partial charge in [-0.25, -0.2) is 0 Å². The Kier molecular flexibility index (Phi) is 9.65. The van der Waals surface area contributed by atoms with Crippen LogP contribution in [0.2, 0.25) is 0 Å². The number of hydrogen-bond acceptors (Lipinski definition) is 0. The van der Waals surface area contributed by atoms with Crippen molar-refractivity contribution >= 4 is 44.5 Å². The molecule has 0 aromatic heterocycles. The summed E-state index contributed by atoms with van der Waals surface area (Å²) in [6.07, 6.45) is 4.48. The summed E-state index contributed by atoms with van der Waals surface area (Å²) < 4.78 is 0. The van der Waals surface area contributed by atoms with Crippen LogP contribution in [0.4, 0.5) is 0 Å². The van der Waals surface area contributed by atoms with Gasteiger partial charge in [-0.1, -0.05) is 237 Å². The molecule has 11 rings (SSSR count). The highest BCUT2D eigenvalue weighted by Crippen LogP contribution is 2.46. The molecule has 0 N–H and O–H groups in total. The lowest BCUT2D eigenvalue weighted by Crippen LogP contribution is -1.92. The van der Waals surface area contributed by atoms with E-state index in [4.69, 9.17) is 0 Å². The van der Waals surface area contributed by atoms with E-state index < -0.39 is 0 Å². The third kappa shape index (κ3) is 6.98. The summed E-state index contributed by atoms with van der Waals surface area (Å²) >= 11 is 0. The van der Waals surface area contributed by atoms with E-state index in [1.54, 1.807) is 0 Å². The SMILES string of the molecule is C(=C\c1ccc(-c2c3ccccc3c(-c3ccc(-c4cc(-c5ccccc5)cc(-c5ccccc5)c4)cc3)c3ccccc23)c2ccccc12)/c1ccc(-c2ccccc2)cc1. The van der Waals surface area contributed by atoms with Gasteiger partial charge >= 0.3 is 0 Å². The molecular weight excluding hydrogens is 745 g/mol. The van der Waals surface area contributed by atoms with Crippen LogP contribution in [0, 0.1) is 0 Å². The maximum Gasteiger partial charge on any atom is -0.00201 e. The zero-order chi connectivity index (χ0) is 41.2. The molecule has 290 valence electrons. The molecule has 0 atom stereocenters. The first-order chi connectivity index (χ1) is 30.7. The smallest absolute Gasteiger partial charge is 0.00201 e. The van der Waals surface area contributed by atoms with Crippen LogP contribution in [0.15, 0.2) is 243 Å². The zero-order valence-corrected chi connectivity index (χ0v) is 34.2. The monoisotopic (exact) mass is 786 g/mol. The Morgan fingerprint density at radius 2 is 0.565 bits per heavy atom. The second-order valence-electron chi connectivity index (χ2n) is 16.0. The van der Waals surface area contributed by atoms with Crippen LogP contribution in [0.5, 0.6) is 0 Å². The van der Waals surface area contributed by atoms with E-state index >= 15 is 0 Å². The second kappa shape index (κ2) is 16.2. The summed E-state index contributed by atoms with van der Waals surface area (Å²) in [6.45, 7) is 0. The minimum atomic E-state index is 1.18. The molecule has 0 heteroatoms. The molecule has 0 bridgehead atoms. The van der Waals surface area contributed by atoms with Gasteiger partial charge in [0.15, 0.2) is 0 Å². The fraction of sp³-hybridized carbons (Fsp3) is 0. The Hall–Kier alpha value is -8.06. The van der Waals surface area contributed by atoms with Crippen molar-refractivity contribution < 1.29 is 0 Å². The summed E-state index contributed by atoms with van der Waals surface area (Å²) in [5.41, 5.74) is 17.1. The highest BCUT2D eigenvalue weighted by atomic mass is 14.2. The first kappa shape index (κ1) is 37.0. The molecule has 0 unspecified atom stereocenters. The van der Waals surface area contributed by atoms with Gasteiger partial charge in [0.1, 0.15) is 0 Å². The summed E-state index contributed by atoms with van der Waals surface area (Å²) in [5, 5.41) is 7.48. The highest BCUT2D eigenvalue weighted by molar-refractivity contribution is 6.24. The van der Waals surface area contributed by atoms with Gasteiger partial charge in [0.2, 0.25) is 0 Å². The van der Waals surface area contributed by atoms with E-state index in [1.165, 1.54) is 110 Å². The molecule has 0 aliphatic carbocycles. The average Bonchev–Trinajstić information content (AvgIpc) is 3.36. The predicted octanol–water partition coefficient (Wildman–Crippen LogP) is 17.3. The molecule has 0 radical (unpaired) electrons. The predicted molar refractivity (Wildman–Crippen MR) is 267 cm³/mol. The third-order valence-electron chi connectivity index (χ3n) is 12.3. The molecule has 11 aromatic rings. The second-order valence-corrected chi connectivity index (χ2v) is 16.0. The van der Waals surface area contributed by atoms with Crippen molar-refractivity contribution in [3.8, 4) is 66.8 Å². The molecule has 11 aromatic carbocycles. The van der Waals surface area contributed by atoms with Crippen molar-refractivity contribution in [3.05, 3.63) is 254 Å². The van der Waals surface area contributed by atoms with Crippen molar-refractivity contribution in [3.63, 3.8) is 0 Å². The van der Waals surface area contributed by atoms with Crippen molar-refractivity contribution in [1.29, 1.82) is 0 Å². The van der Waals surface area contributed by atoms with Crippen LogP contribution in [-0.2, 0) is 0 Å². The largest absolute Gasteiger partial charge is 0.0622 e. The molecule has 0 heterocycles. The van der Waals surface area contributed by atoms with Gasteiger partial charge in [0, 0.05) is 0 Å². The van der Waals surface area contributed by atoms with Crippen LogP contribution >= 0.6 is 0 Å². The molecular formula is C62H42. The first-order valence-corrected chi connectivity index (χ1v) is 21.4. The molecule has 0 amide bonds. The van der Waals surface area contributed by atoms with E-state index in [0.29, 0.717) is 0 Å². The average molecular weight is 787 g/mol. The van der Waals surface area contributed by atoms with Gasteiger partial charge in [0.25, 0.3) is 0 Å². The zero-order valence-electron chi connectivity index (χ0n) is 34.2. The van der Waals surface area contributed by atoms with Crippen LogP contribution in [0.25, 0.3) is 111 Å². The quantitative estimate of drug-likeness (QED) is 0.106. The molecule has 0 aliphatic rings. The molecule has 0 nitrogen and oxygen atoms in total. The highest BCUT2D eigenvalue weighted by Gasteiger charge is 2.19. The van der Waals surface area contributed by atoms with E-state index in [2.05, 4.69) is 255 Å². The molecule has 0 saturated heterocycles. The Bertz CT molecular complexity index is 3280. The van der Waals surface area contributed by atoms with Gasteiger partial charge < -0.3 is 0 Å². The summed E-state index contributed by atoms with van der Waals surface area (Å²) in [6, 6.07) is 88.3. The molecule has 0 saturated carbocycles. The van der Waals surface area contributed by atoms with Crippen LogP contribution in [0.3, 0.4) is 0 Å². The lowest BCUT2D eigenvalue weighted by molar-refractivity contribution is 1.56. The Morgan fingerprint density at radius 1 is 0.210 bits per heavy atom. The first-order valence-electron chi connectivity index (χ1n) is 21.4. The van der Waals surface area contributed by atoms with E-state index in [9.17, 15) is 0 Å². The van der Waals surface area contributed by atoms with Gasteiger partial charge in [-0.3, -0.25) is 0 Å². The van der Waals surface area contributed by atoms with E-state index in [0.717, 1.165) is 0 Å². The summed E-state index contributed by atoms with van der Waals surface area (Å²) in [5.74, 6) is 0. The van der Waals surface area contributed by atoms with Crippen LogP contribution in [-0.4, -0.2) is 0 Å². The fourth-order valence-corrected chi connectivity index (χ4v) is 9.24. The van der Waals surface area contributed by atoms with E-state index in [-0.39, 0.29) is 0 Å². The van der Waals surface area contributed by atoms with E-state index in [1.807, 2.05) is 0 Å². The Morgan fingerprint density at radius 3 is 1.06 bits per heavy atom. The van der Waals surface area contributed by atoms with Crippen molar-refractivity contribution in [2.24, 2.45) is 0 Å². The third-order valence-corrected chi connectivity index (χ3v) is 12.3. The lowest BCUT2D eigenvalue weighted by atomic mass is 9.84. The van der Waals surface area contributed by atoms with Gasteiger partial charge in [-0.2, -0.15) is 0 Å². The van der Waals surface area contributed by atoms with Gasteiger partial charge in [0.05, 0.1) is 0 Å². The van der Waals surface area contributed by atoms with Crippen molar-refractivity contribution in [1.82, 2.24) is 0 Å². The minimum absolute atomic E-state index is 1.18. The molecule has 0 spiro atoms. The summed E-state index contributed by atoms with van der Waals surface area (Å²) in [7, 11) is 0. The van der Waals surface area contributed by atoms with Crippen LogP contribution < -0.4 is 0 Å².